The number of halogens is 3. The van der Waals surface area contributed by atoms with Gasteiger partial charge in [-0.1, -0.05) is 0 Å². The molecule has 0 spiro atoms. The van der Waals surface area contributed by atoms with Gasteiger partial charge in [-0.2, -0.15) is 18.3 Å². The smallest absolute Gasteiger partial charge is 0.416 e. The summed E-state index contributed by atoms with van der Waals surface area (Å²) in [6, 6.07) is 6.24. The highest BCUT2D eigenvalue weighted by atomic mass is 19.4. The molecular weight excluding hydrogens is 299 g/mol. The van der Waals surface area contributed by atoms with Gasteiger partial charge in [0.15, 0.2) is 0 Å². The Labute approximate surface area is 122 Å². The number of carboxylic acids is 1. The molecule has 0 radical (unpaired) electrons. The lowest BCUT2D eigenvalue weighted by molar-refractivity contribution is -0.137. The first-order valence-electron chi connectivity index (χ1n) is 6.23. The van der Waals surface area contributed by atoms with Crippen LogP contribution in [-0.4, -0.2) is 25.8 Å². The molecule has 0 amide bonds. The average molecular weight is 309 g/mol. The minimum Gasteiger partial charge on any atom is -0.477 e. The molecule has 0 aliphatic carbocycles. The molecule has 1 aromatic carbocycles. The lowest BCUT2D eigenvalue weighted by Gasteiger charge is -2.05. The Balaban J connectivity index is 2.09. The van der Waals surface area contributed by atoms with Crippen molar-refractivity contribution < 1.29 is 23.1 Å². The summed E-state index contributed by atoms with van der Waals surface area (Å²) in [7, 11) is 1.48. The highest BCUT2D eigenvalue weighted by Gasteiger charge is 2.30. The van der Waals surface area contributed by atoms with Crippen LogP contribution in [0, 0.1) is 0 Å². The van der Waals surface area contributed by atoms with Crippen molar-refractivity contribution in [2.45, 2.75) is 6.18 Å². The highest BCUT2D eigenvalue weighted by Crippen LogP contribution is 2.32. The van der Waals surface area contributed by atoms with Gasteiger partial charge in [0.25, 0.3) is 0 Å². The van der Waals surface area contributed by atoms with Gasteiger partial charge in [0.05, 0.1) is 11.3 Å². The lowest BCUT2D eigenvalue weighted by Crippen LogP contribution is -2.04. The van der Waals surface area contributed by atoms with Gasteiger partial charge >= 0.3 is 12.1 Å². The number of hydrogen-bond acceptors (Lipinski definition) is 2. The first kappa shape index (κ1) is 14.2. The number of fused-ring (bicyclic) bond motifs is 1. The van der Waals surface area contributed by atoms with Gasteiger partial charge in [0, 0.05) is 24.0 Å². The van der Waals surface area contributed by atoms with E-state index in [0.29, 0.717) is 22.3 Å². The summed E-state index contributed by atoms with van der Waals surface area (Å²) in [5.74, 6) is -1.13. The number of carboxylic acid groups (broad SMARTS) is 1. The molecule has 2 heterocycles. The number of alkyl halides is 3. The van der Waals surface area contributed by atoms with Gasteiger partial charge in [-0.05, 0) is 24.3 Å². The van der Waals surface area contributed by atoms with Crippen LogP contribution >= 0.6 is 0 Å². The molecule has 0 aliphatic rings. The minimum absolute atomic E-state index is 0.00960. The van der Waals surface area contributed by atoms with Crippen molar-refractivity contribution in [2.24, 2.45) is 7.05 Å². The average Bonchev–Trinajstić information content (AvgIpc) is 2.99. The van der Waals surface area contributed by atoms with E-state index in [1.54, 1.807) is 0 Å². The Hall–Kier alpha value is -2.77. The van der Waals surface area contributed by atoms with Gasteiger partial charge in [0.1, 0.15) is 11.4 Å². The Kier molecular flexibility index (Phi) is 2.98. The molecule has 2 aromatic heterocycles. The van der Waals surface area contributed by atoms with Crippen molar-refractivity contribution in [2.75, 3.05) is 0 Å². The predicted octanol–water partition coefficient (Wildman–Crippen LogP) is 3.29. The number of nitrogens with one attached hydrogen (secondary N) is 1. The summed E-state index contributed by atoms with van der Waals surface area (Å²) in [5.41, 5.74) is 0.579. The molecule has 22 heavy (non-hydrogen) atoms. The summed E-state index contributed by atoms with van der Waals surface area (Å²) in [5, 5.41) is 13.4. The summed E-state index contributed by atoms with van der Waals surface area (Å²) in [6.07, 6.45) is -4.41. The fourth-order valence-corrected chi connectivity index (χ4v) is 2.25. The zero-order valence-electron chi connectivity index (χ0n) is 11.3. The van der Waals surface area contributed by atoms with E-state index in [4.69, 9.17) is 5.11 Å². The predicted molar refractivity (Wildman–Crippen MR) is 72.5 cm³/mol. The van der Waals surface area contributed by atoms with Crippen LogP contribution < -0.4 is 0 Å². The third-order valence-corrected chi connectivity index (χ3v) is 3.32. The largest absolute Gasteiger partial charge is 0.477 e. The third kappa shape index (κ3) is 2.32. The standard InChI is InChI=1S/C14H10F3N3O2/c1-20-12(13(21)22)6-11(19-20)10-5-7-4-8(14(15,16)17)2-3-9(7)18-10/h2-6,18H,1H3,(H,21,22). The van der Waals surface area contributed by atoms with Gasteiger partial charge in [0.2, 0.25) is 0 Å². The molecule has 0 saturated heterocycles. The first-order chi connectivity index (χ1) is 10.3. The number of aromatic amines is 1. The van der Waals surface area contributed by atoms with Crippen molar-refractivity contribution in [3.05, 3.63) is 41.6 Å². The number of nitrogens with zero attached hydrogens (tertiary/aromatic N) is 2. The summed E-state index contributed by atoms with van der Waals surface area (Å²) >= 11 is 0. The fourth-order valence-electron chi connectivity index (χ4n) is 2.25. The molecule has 0 bridgehead atoms. The van der Waals surface area contributed by atoms with Gasteiger partial charge in [-0.25, -0.2) is 4.79 Å². The van der Waals surface area contributed by atoms with Crippen molar-refractivity contribution in [1.82, 2.24) is 14.8 Å². The second-order valence-electron chi connectivity index (χ2n) is 4.83. The maximum atomic E-state index is 12.7. The van der Waals surface area contributed by atoms with Crippen molar-refractivity contribution in [3.63, 3.8) is 0 Å². The van der Waals surface area contributed by atoms with E-state index >= 15 is 0 Å². The maximum Gasteiger partial charge on any atom is 0.416 e. The number of H-pyrrole nitrogens is 1. The molecule has 3 aromatic rings. The van der Waals surface area contributed by atoms with E-state index in [2.05, 4.69) is 10.1 Å². The molecule has 2 N–H and O–H groups in total. The van der Waals surface area contributed by atoms with Crippen LogP contribution in [0.3, 0.4) is 0 Å². The quantitative estimate of drug-likeness (QED) is 0.763. The van der Waals surface area contributed by atoms with Crippen molar-refractivity contribution >= 4 is 16.9 Å². The van der Waals surface area contributed by atoms with E-state index in [-0.39, 0.29) is 5.69 Å². The van der Waals surface area contributed by atoms with Gasteiger partial charge < -0.3 is 10.1 Å². The molecule has 0 atom stereocenters. The van der Waals surface area contributed by atoms with Crippen LogP contribution in [0.25, 0.3) is 22.3 Å². The first-order valence-corrected chi connectivity index (χ1v) is 6.23. The van der Waals surface area contributed by atoms with Crippen molar-refractivity contribution in [1.29, 1.82) is 0 Å². The third-order valence-electron chi connectivity index (χ3n) is 3.32. The van der Waals surface area contributed by atoms with Gasteiger partial charge in [-0.15, -0.1) is 0 Å². The zero-order chi connectivity index (χ0) is 16.1. The second-order valence-corrected chi connectivity index (χ2v) is 4.83. The van der Waals surface area contributed by atoms with Gasteiger partial charge in [-0.3, -0.25) is 4.68 Å². The van der Waals surface area contributed by atoms with Crippen LogP contribution in [0.5, 0.6) is 0 Å². The Morgan fingerprint density at radius 1 is 1.27 bits per heavy atom. The van der Waals surface area contributed by atoms with Crippen LogP contribution in [0.15, 0.2) is 30.3 Å². The molecular formula is C14H10F3N3O2. The van der Waals surface area contributed by atoms with E-state index in [0.717, 1.165) is 12.1 Å². The van der Waals surface area contributed by atoms with Crippen LogP contribution in [0.2, 0.25) is 0 Å². The van der Waals surface area contributed by atoms with E-state index in [1.165, 1.54) is 29.9 Å². The number of aromatic carboxylic acids is 1. The van der Waals surface area contributed by atoms with E-state index in [9.17, 15) is 18.0 Å². The van der Waals surface area contributed by atoms with Crippen LogP contribution in [-0.2, 0) is 13.2 Å². The molecule has 5 nitrogen and oxygen atoms in total. The lowest BCUT2D eigenvalue weighted by atomic mass is 10.1. The molecule has 0 saturated carbocycles. The molecule has 3 rings (SSSR count). The Morgan fingerprint density at radius 3 is 2.59 bits per heavy atom. The van der Waals surface area contributed by atoms with Crippen LogP contribution in [0.1, 0.15) is 16.1 Å². The number of aromatic nitrogens is 3. The number of rotatable bonds is 2. The molecule has 8 heteroatoms. The second kappa shape index (κ2) is 4.62. The number of carbonyl (C=O) groups is 1. The molecule has 0 fully saturated rings. The van der Waals surface area contributed by atoms with Crippen molar-refractivity contribution in [3.8, 4) is 11.4 Å². The van der Waals surface area contributed by atoms with E-state index in [1.807, 2.05) is 0 Å². The Bertz CT molecular complexity index is 877. The monoisotopic (exact) mass is 309 g/mol. The zero-order valence-corrected chi connectivity index (χ0v) is 11.3. The highest BCUT2D eigenvalue weighted by molar-refractivity contribution is 5.89. The maximum absolute atomic E-state index is 12.7. The molecule has 114 valence electrons. The number of aryl methyl sites for hydroxylation is 1. The molecule has 0 unspecified atom stereocenters. The molecule has 0 aliphatic heterocycles. The fraction of sp³-hybridized carbons (Fsp3) is 0.143. The minimum atomic E-state index is -4.41. The summed E-state index contributed by atoms with van der Waals surface area (Å²) < 4.78 is 39.3. The van der Waals surface area contributed by atoms with Crippen LogP contribution in [0.4, 0.5) is 13.2 Å². The number of benzene rings is 1. The summed E-state index contributed by atoms with van der Waals surface area (Å²) in [6.45, 7) is 0. The normalized spacial score (nSPS) is 12.0. The Morgan fingerprint density at radius 2 is 2.00 bits per heavy atom. The van der Waals surface area contributed by atoms with E-state index < -0.39 is 17.7 Å². The number of hydrogen-bond donors (Lipinski definition) is 2. The summed E-state index contributed by atoms with van der Waals surface area (Å²) in [4.78, 5) is 13.9. The topological polar surface area (TPSA) is 70.9 Å². The SMILES string of the molecule is Cn1nc(-c2cc3cc(C(F)(F)F)ccc3[nH]2)cc1C(=O)O.